The second-order valence-electron chi connectivity index (χ2n) is 5.50. The third-order valence-electron chi connectivity index (χ3n) is 3.92. The molecule has 2 N–H and O–H groups in total. The molecule has 21 heavy (non-hydrogen) atoms. The van der Waals surface area contributed by atoms with Crippen LogP contribution in [0.15, 0.2) is 18.6 Å². The molecule has 1 aliphatic heterocycles. The number of piperidine rings is 1. The third-order valence-corrected chi connectivity index (χ3v) is 4.68. The maximum atomic E-state index is 10.9. The molecule has 0 saturated carbocycles. The Hall–Kier alpha value is -1.58. The number of rotatable bonds is 2. The van der Waals surface area contributed by atoms with E-state index < -0.39 is 6.09 Å². The Balaban J connectivity index is 1.82. The van der Waals surface area contributed by atoms with Crippen LogP contribution in [0.25, 0.3) is 5.65 Å². The molecular weight excluding hydrogens is 385 g/mol. The van der Waals surface area contributed by atoms with Gasteiger partial charge >= 0.3 is 6.09 Å². The molecule has 1 saturated heterocycles. The first-order valence-electron chi connectivity index (χ1n) is 6.72. The van der Waals surface area contributed by atoms with Crippen molar-refractivity contribution in [3.8, 4) is 0 Å². The molecule has 0 bridgehead atoms. The van der Waals surface area contributed by atoms with Gasteiger partial charge in [-0.2, -0.15) is 0 Å². The normalized spacial score (nSPS) is 17.9. The van der Waals surface area contributed by atoms with E-state index in [1.165, 1.54) is 0 Å². The van der Waals surface area contributed by atoms with Crippen LogP contribution in [0.1, 0.15) is 19.8 Å². The van der Waals surface area contributed by atoms with E-state index in [1.54, 1.807) is 6.20 Å². The van der Waals surface area contributed by atoms with Crippen LogP contribution in [0.2, 0.25) is 0 Å². The molecule has 7 nitrogen and oxygen atoms in total. The lowest BCUT2D eigenvalue weighted by Crippen LogP contribution is -2.53. The molecule has 8 heteroatoms. The van der Waals surface area contributed by atoms with Crippen molar-refractivity contribution in [2.45, 2.75) is 25.3 Å². The molecule has 0 spiro atoms. The quantitative estimate of drug-likeness (QED) is 0.752. The van der Waals surface area contributed by atoms with Crippen LogP contribution in [0.4, 0.5) is 10.7 Å². The monoisotopic (exact) mass is 401 g/mol. The van der Waals surface area contributed by atoms with Crippen molar-refractivity contribution in [3.05, 3.63) is 22.2 Å². The number of hydrogen-bond donors (Lipinski definition) is 2. The molecule has 0 unspecified atom stereocenters. The van der Waals surface area contributed by atoms with Crippen molar-refractivity contribution in [2.75, 3.05) is 18.0 Å². The maximum absolute atomic E-state index is 10.9. The molecule has 1 aliphatic rings. The zero-order chi connectivity index (χ0) is 15.0. The van der Waals surface area contributed by atoms with Crippen LogP contribution in [-0.2, 0) is 0 Å². The van der Waals surface area contributed by atoms with Crippen LogP contribution in [0.3, 0.4) is 0 Å². The molecule has 1 amide bonds. The Bertz CT molecular complexity index is 678. The lowest BCUT2D eigenvalue weighted by molar-refractivity contribution is 0.173. The fourth-order valence-electron chi connectivity index (χ4n) is 2.69. The number of aromatic nitrogens is 3. The van der Waals surface area contributed by atoms with E-state index in [4.69, 9.17) is 5.11 Å². The summed E-state index contributed by atoms with van der Waals surface area (Å²) < 4.78 is 2.99. The fourth-order valence-corrected chi connectivity index (χ4v) is 3.23. The lowest BCUT2D eigenvalue weighted by Gasteiger charge is -2.39. The Kier molecular flexibility index (Phi) is 3.64. The highest BCUT2D eigenvalue weighted by atomic mass is 127. The van der Waals surface area contributed by atoms with Gasteiger partial charge in [-0.25, -0.2) is 14.8 Å². The molecular formula is C13H16IN5O2. The second kappa shape index (κ2) is 5.32. The minimum atomic E-state index is -0.963. The van der Waals surface area contributed by atoms with Crippen LogP contribution in [-0.4, -0.2) is 44.2 Å². The SMILES string of the molecule is CC1(NC(=O)O)CCN(c2ncc(I)c3nccn23)CC1. The average molecular weight is 401 g/mol. The minimum Gasteiger partial charge on any atom is -0.465 e. The van der Waals surface area contributed by atoms with Crippen LogP contribution >= 0.6 is 22.6 Å². The topological polar surface area (TPSA) is 82.8 Å². The number of nitrogens with zero attached hydrogens (tertiary/aromatic N) is 4. The van der Waals surface area contributed by atoms with Crippen LogP contribution in [0, 0.1) is 3.57 Å². The molecule has 0 radical (unpaired) electrons. The van der Waals surface area contributed by atoms with E-state index in [1.807, 2.05) is 23.7 Å². The lowest BCUT2D eigenvalue weighted by atomic mass is 9.90. The summed E-state index contributed by atoms with van der Waals surface area (Å²) in [5.41, 5.74) is 0.539. The Morgan fingerprint density at radius 2 is 2.14 bits per heavy atom. The number of halogens is 1. The van der Waals surface area contributed by atoms with Crippen molar-refractivity contribution >= 4 is 40.3 Å². The first kappa shape index (κ1) is 14.4. The molecule has 0 aliphatic carbocycles. The predicted molar refractivity (Wildman–Crippen MR) is 86.7 cm³/mol. The summed E-state index contributed by atoms with van der Waals surface area (Å²) >= 11 is 2.22. The van der Waals surface area contributed by atoms with Gasteiger partial charge in [0, 0.05) is 37.2 Å². The third kappa shape index (κ3) is 2.76. The fraction of sp³-hybridized carbons (Fsp3) is 0.462. The number of amides is 1. The van der Waals surface area contributed by atoms with Crippen LogP contribution < -0.4 is 10.2 Å². The summed E-state index contributed by atoms with van der Waals surface area (Å²) in [6.07, 6.45) is 6.04. The van der Waals surface area contributed by atoms with Crippen molar-refractivity contribution in [3.63, 3.8) is 0 Å². The maximum Gasteiger partial charge on any atom is 0.405 e. The first-order valence-corrected chi connectivity index (χ1v) is 7.80. The van der Waals surface area contributed by atoms with Gasteiger partial charge in [0.15, 0.2) is 5.65 Å². The van der Waals surface area contributed by atoms with Crippen molar-refractivity contribution in [2.24, 2.45) is 0 Å². The van der Waals surface area contributed by atoms with Gasteiger partial charge in [-0.05, 0) is 42.4 Å². The Labute approximate surface area is 135 Å². The van der Waals surface area contributed by atoms with Gasteiger partial charge in [-0.15, -0.1) is 0 Å². The molecule has 1 fully saturated rings. The summed E-state index contributed by atoms with van der Waals surface area (Å²) in [6, 6.07) is 0. The van der Waals surface area contributed by atoms with E-state index in [0.29, 0.717) is 0 Å². The number of hydrogen-bond acceptors (Lipinski definition) is 4. The number of carbonyl (C=O) groups is 1. The molecule has 3 heterocycles. The van der Waals surface area contributed by atoms with Crippen molar-refractivity contribution in [1.82, 2.24) is 19.7 Å². The number of nitrogens with one attached hydrogen (secondary N) is 1. The number of fused-ring (bicyclic) bond motifs is 1. The summed E-state index contributed by atoms with van der Waals surface area (Å²) in [7, 11) is 0. The average Bonchev–Trinajstić information content (AvgIpc) is 2.90. The first-order chi connectivity index (χ1) is 9.98. The van der Waals surface area contributed by atoms with Gasteiger partial charge in [0.2, 0.25) is 5.95 Å². The molecule has 3 rings (SSSR count). The summed E-state index contributed by atoms with van der Waals surface area (Å²) in [5.74, 6) is 0.861. The molecule has 112 valence electrons. The number of anilines is 1. The Morgan fingerprint density at radius 3 is 2.81 bits per heavy atom. The smallest absolute Gasteiger partial charge is 0.405 e. The standard InChI is InChI=1S/C13H16IN5O2/c1-13(17-12(20)21)2-5-18(6-3-13)11-16-8-9(14)10-15-4-7-19(10)11/h4,7-8,17H,2-3,5-6H2,1H3,(H,20,21). The van der Waals surface area contributed by atoms with Gasteiger partial charge in [-0.3, -0.25) is 4.40 Å². The zero-order valence-electron chi connectivity index (χ0n) is 11.6. The van der Waals surface area contributed by atoms with E-state index in [9.17, 15) is 4.79 Å². The zero-order valence-corrected chi connectivity index (χ0v) is 13.7. The summed E-state index contributed by atoms with van der Waals surface area (Å²) in [4.78, 5) is 21.9. The van der Waals surface area contributed by atoms with Gasteiger partial charge in [0.25, 0.3) is 0 Å². The number of carboxylic acid groups (broad SMARTS) is 1. The van der Waals surface area contributed by atoms with E-state index in [0.717, 1.165) is 41.1 Å². The second-order valence-corrected chi connectivity index (χ2v) is 6.67. The molecule has 0 atom stereocenters. The van der Waals surface area contributed by atoms with E-state index in [2.05, 4.69) is 42.8 Å². The molecule has 2 aromatic heterocycles. The van der Waals surface area contributed by atoms with Gasteiger partial charge in [0.1, 0.15) is 0 Å². The van der Waals surface area contributed by atoms with E-state index >= 15 is 0 Å². The highest BCUT2D eigenvalue weighted by molar-refractivity contribution is 14.1. The van der Waals surface area contributed by atoms with Gasteiger partial charge in [0.05, 0.1) is 3.57 Å². The highest BCUT2D eigenvalue weighted by Crippen LogP contribution is 2.26. The van der Waals surface area contributed by atoms with Crippen LogP contribution in [0.5, 0.6) is 0 Å². The molecule has 0 aromatic carbocycles. The van der Waals surface area contributed by atoms with Crippen molar-refractivity contribution in [1.29, 1.82) is 0 Å². The number of imidazole rings is 1. The Morgan fingerprint density at radius 1 is 1.43 bits per heavy atom. The summed E-state index contributed by atoms with van der Waals surface area (Å²) in [5, 5.41) is 11.5. The minimum absolute atomic E-state index is 0.362. The summed E-state index contributed by atoms with van der Waals surface area (Å²) in [6.45, 7) is 3.47. The van der Waals surface area contributed by atoms with Gasteiger partial charge in [-0.1, -0.05) is 0 Å². The molecule has 2 aromatic rings. The predicted octanol–water partition coefficient (Wildman–Crippen LogP) is 1.96. The van der Waals surface area contributed by atoms with E-state index in [-0.39, 0.29) is 5.54 Å². The van der Waals surface area contributed by atoms with Crippen molar-refractivity contribution < 1.29 is 9.90 Å². The largest absolute Gasteiger partial charge is 0.465 e. The highest BCUT2D eigenvalue weighted by Gasteiger charge is 2.32. The van der Waals surface area contributed by atoms with Gasteiger partial charge < -0.3 is 15.3 Å².